The minimum atomic E-state index is -0.00712. The fourth-order valence-electron chi connectivity index (χ4n) is 2.15. The summed E-state index contributed by atoms with van der Waals surface area (Å²) >= 11 is 0. The van der Waals surface area contributed by atoms with Crippen molar-refractivity contribution in [2.24, 2.45) is 0 Å². The molecule has 4 heteroatoms. The summed E-state index contributed by atoms with van der Waals surface area (Å²) in [6.45, 7) is 7.13. The number of fused-ring (bicyclic) bond motifs is 1. The van der Waals surface area contributed by atoms with Gasteiger partial charge in [-0.25, -0.2) is 0 Å². The molecular formula is C15H23N3O. The minimum absolute atomic E-state index is 0.00712. The van der Waals surface area contributed by atoms with E-state index in [0.29, 0.717) is 6.54 Å². The van der Waals surface area contributed by atoms with Crippen LogP contribution in [0.25, 0.3) is 0 Å². The summed E-state index contributed by atoms with van der Waals surface area (Å²) in [5, 5.41) is 6.39. The summed E-state index contributed by atoms with van der Waals surface area (Å²) < 4.78 is 0. The Bertz CT molecular complexity index is 489. The molecule has 1 heterocycles. The highest BCUT2D eigenvalue weighted by Gasteiger charge is 2.24. The Morgan fingerprint density at radius 3 is 2.53 bits per heavy atom. The molecule has 0 aliphatic carbocycles. The Hall–Kier alpha value is -1.55. The Morgan fingerprint density at radius 1 is 1.26 bits per heavy atom. The zero-order valence-corrected chi connectivity index (χ0v) is 12.4. The monoisotopic (exact) mass is 261 g/mol. The van der Waals surface area contributed by atoms with Gasteiger partial charge >= 0.3 is 0 Å². The maximum atomic E-state index is 12.1. The van der Waals surface area contributed by atoms with Crippen molar-refractivity contribution in [1.82, 2.24) is 10.2 Å². The molecule has 1 atom stereocenters. The minimum Gasteiger partial charge on any atom is -0.367 e. The Morgan fingerprint density at radius 2 is 1.95 bits per heavy atom. The molecule has 0 fully saturated rings. The highest BCUT2D eigenvalue weighted by molar-refractivity contribution is 6.00. The predicted molar refractivity (Wildman–Crippen MR) is 78.6 cm³/mol. The first kappa shape index (κ1) is 13.9. The number of carbonyl (C=O) groups is 1. The summed E-state index contributed by atoms with van der Waals surface area (Å²) in [7, 11) is 4.00. The molecule has 0 saturated carbocycles. The maximum absolute atomic E-state index is 12.1. The van der Waals surface area contributed by atoms with Crippen LogP contribution in [-0.4, -0.2) is 37.6 Å². The van der Waals surface area contributed by atoms with Gasteiger partial charge in [-0.2, -0.15) is 0 Å². The Kier molecular flexibility index (Phi) is 3.54. The lowest BCUT2D eigenvalue weighted by Crippen LogP contribution is -2.42. The molecule has 0 aromatic heterocycles. The van der Waals surface area contributed by atoms with Crippen LogP contribution in [0.15, 0.2) is 18.2 Å². The van der Waals surface area contributed by atoms with Crippen LogP contribution in [0.5, 0.6) is 0 Å². The van der Waals surface area contributed by atoms with E-state index in [1.54, 1.807) is 0 Å². The van der Waals surface area contributed by atoms with Crippen molar-refractivity contribution in [2.75, 3.05) is 26.0 Å². The van der Waals surface area contributed by atoms with Gasteiger partial charge in [0.1, 0.15) is 0 Å². The smallest absolute Gasteiger partial charge is 0.253 e. The predicted octanol–water partition coefficient (Wildman–Crippen LogP) is 2.03. The van der Waals surface area contributed by atoms with E-state index in [2.05, 4.69) is 42.4 Å². The van der Waals surface area contributed by atoms with Gasteiger partial charge in [0.25, 0.3) is 5.91 Å². The van der Waals surface area contributed by atoms with Gasteiger partial charge in [0.15, 0.2) is 0 Å². The lowest BCUT2D eigenvalue weighted by atomic mass is 9.86. The zero-order valence-electron chi connectivity index (χ0n) is 12.4. The molecule has 1 aliphatic rings. The van der Waals surface area contributed by atoms with E-state index < -0.39 is 0 Å². The van der Waals surface area contributed by atoms with Crippen LogP contribution >= 0.6 is 0 Å². The molecule has 1 aromatic carbocycles. The van der Waals surface area contributed by atoms with Crippen molar-refractivity contribution in [2.45, 2.75) is 32.4 Å². The van der Waals surface area contributed by atoms with Crippen LogP contribution in [0.2, 0.25) is 0 Å². The van der Waals surface area contributed by atoms with E-state index >= 15 is 0 Å². The first-order chi connectivity index (χ1) is 8.79. The number of hydrogen-bond acceptors (Lipinski definition) is 3. The normalized spacial score (nSPS) is 19.5. The van der Waals surface area contributed by atoms with Gasteiger partial charge < -0.3 is 10.6 Å². The molecule has 0 radical (unpaired) electrons. The molecule has 2 N–H and O–H groups in total. The molecule has 0 spiro atoms. The van der Waals surface area contributed by atoms with Crippen molar-refractivity contribution in [3.05, 3.63) is 29.3 Å². The van der Waals surface area contributed by atoms with Crippen LogP contribution in [0, 0.1) is 0 Å². The molecule has 1 amide bonds. The first-order valence-corrected chi connectivity index (χ1v) is 6.65. The number of rotatable bonds is 1. The molecular weight excluding hydrogens is 238 g/mol. The highest BCUT2D eigenvalue weighted by Crippen LogP contribution is 2.28. The highest BCUT2D eigenvalue weighted by atomic mass is 16.1. The topological polar surface area (TPSA) is 44.4 Å². The number of amides is 1. The van der Waals surface area contributed by atoms with Crippen LogP contribution in [0.1, 0.15) is 36.7 Å². The van der Waals surface area contributed by atoms with Gasteiger partial charge in [-0.05, 0) is 37.2 Å². The van der Waals surface area contributed by atoms with Gasteiger partial charge in [-0.3, -0.25) is 9.69 Å². The second kappa shape index (κ2) is 4.85. The molecule has 0 bridgehead atoms. The average molecular weight is 261 g/mol. The van der Waals surface area contributed by atoms with E-state index in [1.807, 2.05) is 26.2 Å². The lowest BCUT2D eigenvalue weighted by molar-refractivity contribution is 0.0950. The van der Waals surface area contributed by atoms with Crippen LogP contribution in [0.4, 0.5) is 5.69 Å². The number of nitrogens with zero attached hydrogens (tertiary/aromatic N) is 1. The van der Waals surface area contributed by atoms with Gasteiger partial charge in [0, 0.05) is 5.69 Å². The quantitative estimate of drug-likeness (QED) is 0.813. The number of hydrogen-bond donors (Lipinski definition) is 2. The van der Waals surface area contributed by atoms with Gasteiger partial charge in [-0.15, -0.1) is 0 Å². The molecule has 1 aliphatic heterocycles. The fraction of sp³-hybridized carbons (Fsp3) is 0.533. The first-order valence-electron chi connectivity index (χ1n) is 6.65. The third-order valence-electron chi connectivity index (χ3n) is 3.53. The third-order valence-corrected chi connectivity index (χ3v) is 3.53. The molecule has 0 saturated heterocycles. The SMILES string of the molecule is CN(C)C1CNC(=O)c2ccc(C(C)(C)C)cc2N1. The third kappa shape index (κ3) is 2.89. The number of likely N-dealkylation sites (N-methyl/N-ethyl adjacent to an activating group) is 1. The maximum Gasteiger partial charge on any atom is 0.253 e. The van der Waals surface area contributed by atoms with E-state index in [-0.39, 0.29) is 17.5 Å². The van der Waals surface area contributed by atoms with Crippen LogP contribution < -0.4 is 10.6 Å². The molecule has 1 aromatic rings. The Balaban J connectivity index is 2.43. The molecule has 2 rings (SSSR count). The second-order valence-corrected chi connectivity index (χ2v) is 6.34. The molecule has 19 heavy (non-hydrogen) atoms. The van der Waals surface area contributed by atoms with Crippen molar-refractivity contribution < 1.29 is 4.79 Å². The van der Waals surface area contributed by atoms with Crippen molar-refractivity contribution in [3.8, 4) is 0 Å². The number of benzene rings is 1. The van der Waals surface area contributed by atoms with E-state index in [4.69, 9.17) is 0 Å². The summed E-state index contributed by atoms with van der Waals surface area (Å²) in [4.78, 5) is 14.1. The average Bonchev–Trinajstić information content (AvgIpc) is 2.47. The fourth-order valence-corrected chi connectivity index (χ4v) is 2.15. The van der Waals surface area contributed by atoms with E-state index in [9.17, 15) is 4.79 Å². The number of carbonyl (C=O) groups excluding carboxylic acids is 1. The molecule has 104 valence electrons. The standard InChI is InChI=1S/C15H23N3O/c1-15(2,3)10-6-7-11-12(8-10)17-13(18(4)5)9-16-14(11)19/h6-8,13,17H,9H2,1-5H3,(H,16,19). The molecule has 1 unspecified atom stereocenters. The van der Waals surface area contributed by atoms with Gasteiger partial charge in [0.05, 0.1) is 18.3 Å². The van der Waals surface area contributed by atoms with Crippen molar-refractivity contribution >= 4 is 11.6 Å². The van der Waals surface area contributed by atoms with E-state index in [1.165, 1.54) is 5.56 Å². The summed E-state index contributed by atoms with van der Waals surface area (Å²) in [6.07, 6.45) is 0.111. The summed E-state index contributed by atoms with van der Waals surface area (Å²) in [5.41, 5.74) is 2.94. The van der Waals surface area contributed by atoms with Gasteiger partial charge in [0.2, 0.25) is 0 Å². The van der Waals surface area contributed by atoms with Crippen LogP contribution in [0.3, 0.4) is 0 Å². The zero-order chi connectivity index (χ0) is 14.2. The summed E-state index contributed by atoms with van der Waals surface area (Å²) in [5.74, 6) is -0.00712. The molecule has 4 nitrogen and oxygen atoms in total. The largest absolute Gasteiger partial charge is 0.367 e. The van der Waals surface area contributed by atoms with Gasteiger partial charge in [-0.1, -0.05) is 26.8 Å². The summed E-state index contributed by atoms with van der Waals surface area (Å²) in [6, 6.07) is 6.04. The van der Waals surface area contributed by atoms with Crippen molar-refractivity contribution in [1.29, 1.82) is 0 Å². The number of nitrogens with one attached hydrogen (secondary N) is 2. The van der Waals surface area contributed by atoms with E-state index in [0.717, 1.165) is 11.3 Å². The second-order valence-electron chi connectivity index (χ2n) is 6.34. The Labute approximate surface area is 115 Å². The van der Waals surface area contributed by atoms with Crippen molar-refractivity contribution in [3.63, 3.8) is 0 Å². The van der Waals surface area contributed by atoms with Crippen LogP contribution in [-0.2, 0) is 5.41 Å². The number of anilines is 1. The lowest BCUT2D eigenvalue weighted by Gasteiger charge is -2.26.